The molecule has 2 aromatic carbocycles. The number of hydrogen-bond acceptors (Lipinski definition) is 4. The van der Waals surface area contributed by atoms with Crippen molar-refractivity contribution in [1.82, 2.24) is 10.2 Å². The Morgan fingerprint density at radius 2 is 1.61 bits per heavy atom. The van der Waals surface area contributed by atoms with Crippen LogP contribution in [0.15, 0.2) is 40.8 Å². The third-order valence-electron chi connectivity index (χ3n) is 3.79. The van der Waals surface area contributed by atoms with Gasteiger partial charge in [-0.3, -0.25) is 0 Å². The predicted molar refractivity (Wildman–Crippen MR) is 89.5 cm³/mol. The Balaban J connectivity index is 1.77. The zero-order valence-electron chi connectivity index (χ0n) is 13.9. The summed E-state index contributed by atoms with van der Waals surface area (Å²) in [6, 6.07) is 12.2. The van der Waals surface area contributed by atoms with Gasteiger partial charge in [-0.05, 0) is 50.5 Å². The van der Waals surface area contributed by atoms with Gasteiger partial charge >= 0.3 is 0 Å². The van der Waals surface area contributed by atoms with Gasteiger partial charge in [-0.25, -0.2) is 0 Å². The van der Waals surface area contributed by atoms with E-state index >= 15 is 0 Å². The Bertz CT molecular complexity index is 814. The van der Waals surface area contributed by atoms with E-state index in [9.17, 15) is 0 Å². The van der Waals surface area contributed by atoms with Crippen molar-refractivity contribution in [2.24, 2.45) is 0 Å². The van der Waals surface area contributed by atoms with Crippen molar-refractivity contribution in [3.05, 3.63) is 64.5 Å². The summed E-state index contributed by atoms with van der Waals surface area (Å²) in [5.41, 5.74) is 5.51. The zero-order valence-corrected chi connectivity index (χ0v) is 13.9. The fraction of sp³-hybridized carbons (Fsp3) is 0.263. The van der Waals surface area contributed by atoms with E-state index in [1.165, 1.54) is 5.56 Å². The molecule has 0 atom stereocenters. The number of nitrogens with zero attached hydrogens (tertiary/aromatic N) is 2. The smallest absolute Gasteiger partial charge is 0.254 e. The van der Waals surface area contributed by atoms with Gasteiger partial charge in [-0.1, -0.05) is 35.9 Å². The fourth-order valence-electron chi connectivity index (χ4n) is 2.76. The van der Waals surface area contributed by atoms with Crippen LogP contribution in [0.1, 0.15) is 28.1 Å². The maximum Gasteiger partial charge on any atom is 0.254 e. The molecule has 118 valence electrons. The number of aromatic nitrogens is 2. The van der Waals surface area contributed by atoms with Gasteiger partial charge in [0.15, 0.2) is 6.61 Å². The van der Waals surface area contributed by atoms with Crippen LogP contribution in [0.25, 0.3) is 11.5 Å². The van der Waals surface area contributed by atoms with Crippen molar-refractivity contribution in [3.63, 3.8) is 0 Å². The van der Waals surface area contributed by atoms with E-state index in [0.29, 0.717) is 11.8 Å². The monoisotopic (exact) mass is 308 g/mol. The minimum Gasteiger partial charge on any atom is -0.483 e. The second kappa shape index (κ2) is 6.24. The van der Waals surface area contributed by atoms with E-state index in [4.69, 9.17) is 9.15 Å². The molecular weight excluding hydrogens is 288 g/mol. The van der Waals surface area contributed by atoms with E-state index in [-0.39, 0.29) is 6.61 Å². The summed E-state index contributed by atoms with van der Waals surface area (Å²) in [6.45, 7) is 8.46. The molecule has 23 heavy (non-hydrogen) atoms. The molecule has 4 nitrogen and oxygen atoms in total. The summed E-state index contributed by atoms with van der Waals surface area (Å²) >= 11 is 0. The number of hydrogen-bond donors (Lipinski definition) is 0. The average Bonchev–Trinajstić information content (AvgIpc) is 2.95. The van der Waals surface area contributed by atoms with Crippen LogP contribution >= 0.6 is 0 Å². The van der Waals surface area contributed by atoms with Gasteiger partial charge < -0.3 is 9.15 Å². The fourth-order valence-corrected chi connectivity index (χ4v) is 2.76. The SMILES string of the molecule is Cc1cc(C)c(OCc2nnc(-c3ccccc3C)o2)c(C)c1. The van der Waals surface area contributed by atoms with Gasteiger partial charge in [-0.2, -0.15) is 0 Å². The third-order valence-corrected chi connectivity index (χ3v) is 3.79. The average molecular weight is 308 g/mol. The summed E-state index contributed by atoms with van der Waals surface area (Å²) in [6.07, 6.45) is 0. The molecular formula is C19H20N2O2. The molecule has 0 aliphatic heterocycles. The molecule has 4 heteroatoms. The Morgan fingerprint density at radius 3 is 2.30 bits per heavy atom. The van der Waals surface area contributed by atoms with Gasteiger partial charge in [0.1, 0.15) is 5.75 Å². The van der Waals surface area contributed by atoms with Crippen LogP contribution in [0.2, 0.25) is 0 Å². The molecule has 1 heterocycles. The highest BCUT2D eigenvalue weighted by Gasteiger charge is 2.12. The molecule has 0 unspecified atom stereocenters. The van der Waals surface area contributed by atoms with Crippen LogP contribution in [0.4, 0.5) is 0 Å². The molecule has 0 N–H and O–H groups in total. The van der Waals surface area contributed by atoms with E-state index < -0.39 is 0 Å². The molecule has 0 amide bonds. The first kappa shape index (κ1) is 15.3. The lowest BCUT2D eigenvalue weighted by Crippen LogP contribution is -1.99. The maximum atomic E-state index is 5.89. The number of aryl methyl sites for hydroxylation is 4. The molecule has 0 bridgehead atoms. The summed E-state index contributed by atoms with van der Waals surface area (Å²) in [5, 5.41) is 8.21. The molecule has 3 aromatic rings. The highest BCUT2D eigenvalue weighted by molar-refractivity contribution is 5.57. The van der Waals surface area contributed by atoms with Crippen LogP contribution in [0.3, 0.4) is 0 Å². The second-order valence-corrected chi connectivity index (χ2v) is 5.83. The Hall–Kier alpha value is -2.62. The van der Waals surface area contributed by atoms with Crippen molar-refractivity contribution in [2.75, 3.05) is 0 Å². The van der Waals surface area contributed by atoms with E-state index in [2.05, 4.69) is 29.3 Å². The molecule has 0 aliphatic carbocycles. The van der Waals surface area contributed by atoms with Crippen LogP contribution in [0, 0.1) is 27.7 Å². The van der Waals surface area contributed by atoms with Crippen molar-refractivity contribution in [3.8, 4) is 17.2 Å². The first-order valence-corrected chi connectivity index (χ1v) is 7.63. The first-order chi connectivity index (χ1) is 11.0. The number of rotatable bonds is 4. The summed E-state index contributed by atoms with van der Waals surface area (Å²) in [5.74, 6) is 1.88. The predicted octanol–water partition coefficient (Wildman–Crippen LogP) is 4.55. The summed E-state index contributed by atoms with van der Waals surface area (Å²) in [7, 11) is 0. The van der Waals surface area contributed by atoms with Crippen molar-refractivity contribution >= 4 is 0 Å². The van der Waals surface area contributed by atoms with E-state index in [1.54, 1.807) is 0 Å². The molecule has 3 rings (SSSR count). The minimum absolute atomic E-state index is 0.267. The highest BCUT2D eigenvalue weighted by Crippen LogP contribution is 2.26. The molecule has 0 saturated carbocycles. The molecule has 0 aliphatic rings. The molecule has 0 radical (unpaired) electrons. The van der Waals surface area contributed by atoms with Crippen molar-refractivity contribution < 1.29 is 9.15 Å². The summed E-state index contributed by atoms with van der Waals surface area (Å²) in [4.78, 5) is 0. The lowest BCUT2D eigenvalue weighted by Gasteiger charge is -2.11. The molecule has 0 fully saturated rings. The van der Waals surface area contributed by atoms with Gasteiger partial charge in [0.25, 0.3) is 5.89 Å². The number of ether oxygens (including phenoxy) is 1. The van der Waals surface area contributed by atoms with Crippen molar-refractivity contribution in [1.29, 1.82) is 0 Å². The molecule has 1 aromatic heterocycles. The normalized spacial score (nSPS) is 10.8. The van der Waals surface area contributed by atoms with Crippen LogP contribution in [-0.4, -0.2) is 10.2 Å². The van der Waals surface area contributed by atoms with Crippen LogP contribution < -0.4 is 4.74 Å². The Labute approximate surface area is 136 Å². The second-order valence-electron chi connectivity index (χ2n) is 5.83. The van der Waals surface area contributed by atoms with Crippen LogP contribution in [-0.2, 0) is 6.61 Å². The van der Waals surface area contributed by atoms with Crippen molar-refractivity contribution in [2.45, 2.75) is 34.3 Å². The van der Waals surface area contributed by atoms with Gasteiger partial charge in [0.2, 0.25) is 5.89 Å². The number of benzene rings is 2. The zero-order chi connectivity index (χ0) is 16.4. The third kappa shape index (κ3) is 3.26. The first-order valence-electron chi connectivity index (χ1n) is 7.63. The lowest BCUT2D eigenvalue weighted by molar-refractivity contribution is 0.261. The standard InChI is InChI=1S/C19H20N2O2/c1-12-9-14(3)18(15(4)10-12)22-11-17-20-21-19(23-17)16-8-6-5-7-13(16)2/h5-10H,11H2,1-4H3. The van der Waals surface area contributed by atoms with Gasteiger partial charge in [0, 0.05) is 5.56 Å². The highest BCUT2D eigenvalue weighted by atomic mass is 16.5. The van der Waals surface area contributed by atoms with E-state index in [1.807, 2.05) is 45.0 Å². The Morgan fingerprint density at radius 1 is 0.913 bits per heavy atom. The van der Waals surface area contributed by atoms with Gasteiger partial charge in [-0.15, -0.1) is 10.2 Å². The largest absolute Gasteiger partial charge is 0.483 e. The Kier molecular flexibility index (Phi) is 4.15. The quantitative estimate of drug-likeness (QED) is 0.709. The maximum absolute atomic E-state index is 5.89. The molecule has 0 saturated heterocycles. The summed E-state index contributed by atoms with van der Waals surface area (Å²) < 4.78 is 11.6. The van der Waals surface area contributed by atoms with E-state index in [0.717, 1.165) is 28.0 Å². The topological polar surface area (TPSA) is 48.2 Å². The van der Waals surface area contributed by atoms with Crippen LogP contribution in [0.5, 0.6) is 5.75 Å². The van der Waals surface area contributed by atoms with Gasteiger partial charge in [0.05, 0.1) is 0 Å². The minimum atomic E-state index is 0.267. The lowest BCUT2D eigenvalue weighted by atomic mass is 10.1. The molecule has 0 spiro atoms.